The van der Waals surface area contributed by atoms with Gasteiger partial charge >= 0.3 is 0 Å². The second-order valence-electron chi connectivity index (χ2n) is 6.85. The van der Waals surface area contributed by atoms with Crippen molar-refractivity contribution in [3.63, 3.8) is 0 Å². The molecule has 9 heteroatoms. The van der Waals surface area contributed by atoms with Gasteiger partial charge in [-0.1, -0.05) is 35.3 Å². The van der Waals surface area contributed by atoms with Gasteiger partial charge in [0.05, 0.1) is 5.75 Å². The number of hydrogen-bond donors (Lipinski definition) is 1. The Labute approximate surface area is 185 Å². The highest BCUT2D eigenvalue weighted by atomic mass is 35.5. The number of anilines is 1. The summed E-state index contributed by atoms with van der Waals surface area (Å²) in [5, 5.41) is 3.61. The Kier molecular flexibility index (Phi) is 7.51. The summed E-state index contributed by atoms with van der Waals surface area (Å²) in [6.45, 7) is 0.598. The van der Waals surface area contributed by atoms with Crippen LogP contribution in [0.25, 0.3) is 0 Å². The maximum atomic E-state index is 12.8. The van der Waals surface area contributed by atoms with E-state index in [0.717, 1.165) is 10.6 Å². The van der Waals surface area contributed by atoms with Crippen LogP contribution in [0.3, 0.4) is 0 Å². The van der Waals surface area contributed by atoms with E-state index in [1.807, 2.05) is 30.5 Å². The molecule has 0 atom stereocenters. The van der Waals surface area contributed by atoms with Crippen LogP contribution in [-0.2, 0) is 20.6 Å². The van der Waals surface area contributed by atoms with Crippen LogP contribution < -0.4 is 5.32 Å². The number of sulfonamides is 1. The van der Waals surface area contributed by atoms with Crippen LogP contribution >= 0.6 is 35.0 Å². The first kappa shape index (κ1) is 22.4. The van der Waals surface area contributed by atoms with Crippen LogP contribution in [0, 0.1) is 5.92 Å². The monoisotopic (exact) mass is 472 g/mol. The quantitative estimate of drug-likeness (QED) is 0.607. The Morgan fingerprint density at radius 2 is 1.76 bits per heavy atom. The Hall–Kier alpha value is -1.25. The molecule has 1 N–H and O–H groups in total. The van der Waals surface area contributed by atoms with Gasteiger partial charge in [0.25, 0.3) is 0 Å². The highest BCUT2D eigenvalue weighted by Crippen LogP contribution is 2.29. The minimum Gasteiger partial charge on any atom is -0.326 e. The van der Waals surface area contributed by atoms with Crippen molar-refractivity contribution in [1.29, 1.82) is 0 Å². The number of nitrogens with zero attached hydrogens (tertiary/aromatic N) is 1. The fourth-order valence-corrected chi connectivity index (χ4v) is 6.06. The van der Waals surface area contributed by atoms with E-state index in [2.05, 4.69) is 5.32 Å². The van der Waals surface area contributed by atoms with Crippen molar-refractivity contribution >= 4 is 56.6 Å². The van der Waals surface area contributed by atoms with E-state index in [9.17, 15) is 13.2 Å². The molecule has 0 bridgehead atoms. The van der Waals surface area contributed by atoms with E-state index in [1.165, 1.54) is 4.31 Å². The average Bonchev–Trinajstić information content (AvgIpc) is 2.71. The summed E-state index contributed by atoms with van der Waals surface area (Å²) in [6, 6.07) is 12.6. The molecule has 156 valence electrons. The van der Waals surface area contributed by atoms with E-state index in [4.69, 9.17) is 23.2 Å². The third-order valence-corrected chi connectivity index (χ3v) is 8.18. The molecule has 0 aliphatic carbocycles. The van der Waals surface area contributed by atoms with Crippen molar-refractivity contribution < 1.29 is 13.2 Å². The van der Waals surface area contributed by atoms with Crippen molar-refractivity contribution in [2.45, 2.75) is 23.5 Å². The molecule has 0 radical (unpaired) electrons. The first-order valence-corrected chi connectivity index (χ1v) is 12.7. The summed E-state index contributed by atoms with van der Waals surface area (Å²) in [5.74, 6) is -0.540. The SMILES string of the molecule is CSc1cccc(NC(=O)C2CCN(S(=O)(=O)Cc3c(Cl)cccc3Cl)CC2)c1. The third kappa shape index (κ3) is 5.67. The summed E-state index contributed by atoms with van der Waals surface area (Å²) in [6.07, 6.45) is 2.93. The molecule has 3 rings (SSSR count). The fourth-order valence-electron chi connectivity index (χ4n) is 3.29. The van der Waals surface area contributed by atoms with E-state index >= 15 is 0 Å². The molecule has 1 amide bonds. The first-order valence-electron chi connectivity index (χ1n) is 9.16. The van der Waals surface area contributed by atoms with Gasteiger partial charge in [0, 0.05) is 45.2 Å². The Bertz CT molecular complexity index is 971. The summed E-state index contributed by atoms with van der Waals surface area (Å²) in [4.78, 5) is 13.7. The lowest BCUT2D eigenvalue weighted by Crippen LogP contribution is -2.41. The van der Waals surface area contributed by atoms with Gasteiger partial charge in [-0.2, -0.15) is 0 Å². The number of thioether (sulfide) groups is 1. The number of amides is 1. The molecule has 0 saturated carbocycles. The predicted molar refractivity (Wildman–Crippen MR) is 120 cm³/mol. The van der Waals surface area contributed by atoms with Crippen molar-refractivity contribution in [1.82, 2.24) is 4.31 Å². The number of nitrogens with one attached hydrogen (secondary N) is 1. The van der Waals surface area contributed by atoms with Crippen LogP contribution in [0.1, 0.15) is 18.4 Å². The molecule has 1 heterocycles. The van der Waals surface area contributed by atoms with Crippen molar-refractivity contribution in [3.05, 3.63) is 58.1 Å². The molecular weight excluding hydrogens is 451 g/mol. The van der Waals surface area contributed by atoms with Crippen LogP contribution in [-0.4, -0.2) is 38.0 Å². The summed E-state index contributed by atoms with van der Waals surface area (Å²) in [5.41, 5.74) is 1.16. The molecule has 0 spiro atoms. The molecule has 1 fully saturated rings. The molecule has 1 aliphatic heterocycles. The molecule has 2 aromatic rings. The zero-order chi connectivity index (χ0) is 21.0. The van der Waals surface area contributed by atoms with Crippen LogP contribution in [0.15, 0.2) is 47.4 Å². The summed E-state index contributed by atoms with van der Waals surface area (Å²) < 4.78 is 27.0. The summed E-state index contributed by atoms with van der Waals surface area (Å²) in [7, 11) is -3.57. The average molecular weight is 473 g/mol. The van der Waals surface area contributed by atoms with E-state index in [-0.39, 0.29) is 17.6 Å². The smallest absolute Gasteiger partial charge is 0.227 e. The van der Waals surface area contributed by atoms with Crippen LogP contribution in [0.2, 0.25) is 10.0 Å². The van der Waals surface area contributed by atoms with Crippen LogP contribution in [0.4, 0.5) is 5.69 Å². The lowest BCUT2D eigenvalue weighted by atomic mass is 9.97. The van der Waals surface area contributed by atoms with Crippen molar-refractivity contribution in [3.8, 4) is 0 Å². The molecule has 0 unspecified atom stereocenters. The highest BCUT2D eigenvalue weighted by Gasteiger charge is 2.32. The molecule has 1 saturated heterocycles. The second-order valence-corrected chi connectivity index (χ2v) is 10.5. The normalized spacial score (nSPS) is 16.0. The molecule has 0 aromatic heterocycles. The van der Waals surface area contributed by atoms with E-state index in [1.54, 1.807) is 30.0 Å². The zero-order valence-corrected chi connectivity index (χ0v) is 19.0. The van der Waals surface area contributed by atoms with Crippen molar-refractivity contribution in [2.75, 3.05) is 24.7 Å². The number of benzene rings is 2. The Morgan fingerprint density at radius 3 is 2.38 bits per heavy atom. The maximum absolute atomic E-state index is 12.8. The number of carbonyl (C=O) groups is 1. The van der Waals surface area contributed by atoms with E-state index < -0.39 is 10.0 Å². The minimum absolute atomic E-state index is 0.0746. The standard InChI is InChI=1S/C20H22Cl2N2O3S2/c1-28-16-5-2-4-15(12-16)23-20(25)14-8-10-24(11-9-14)29(26,27)13-17-18(21)6-3-7-19(17)22/h2-7,12,14H,8-11,13H2,1H3,(H,23,25). The number of hydrogen-bond acceptors (Lipinski definition) is 4. The van der Waals surface area contributed by atoms with Gasteiger partial charge in [-0.25, -0.2) is 12.7 Å². The van der Waals surface area contributed by atoms with Crippen molar-refractivity contribution in [2.24, 2.45) is 5.92 Å². The molecular formula is C20H22Cl2N2O3S2. The summed E-state index contributed by atoms with van der Waals surface area (Å²) >= 11 is 13.8. The lowest BCUT2D eigenvalue weighted by molar-refractivity contribution is -0.120. The Morgan fingerprint density at radius 1 is 1.14 bits per heavy atom. The predicted octanol–water partition coefficient (Wildman–Crippen LogP) is 4.90. The maximum Gasteiger partial charge on any atom is 0.227 e. The van der Waals surface area contributed by atoms with Gasteiger partial charge in [0.2, 0.25) is 15.9 Å². The lowest BCUT2D eigenvalue weighted by Gasteiger charge is -2.30. The molecule has 5 nitrogen and oxygen atoms in total. The topological polar surface area (TPSA) is 66.5 Å². The number of carbonyl (C=O) groups excluding carboxylic acids is 1. The number of rotatable bonds is 6. The van der Waals surface area contributed by atoms with E-state index in [0.29, 0.717) is 41.5 Å². The molecule has 2 aromatic carbocycles. The first-order chi connectivity index (χ1) is 13.8. The zero-order valence-electron chi connectivity index (χ0n) is 15.9. The molecule has 1 aliphatic rings. The van der Waals surface area contributed by atoms with Gasteiger partial charge in [0.1, 0.15) is 0 Å². The van der Waals surface area contributed by atoms with Gasteiger partial charge in [-0.05, 0) is 49.4 Å². The van der Waals surface area contributed by atoms with Gasteiger partial charge in [0.15, 0.2) is 0 Å². The fraction of sp³-hybridized carbons (Fsp3) is 0.350. The highest BCUT2D eigenvalue weighted by molar-refractivity contribution is 7.98. The molecule has 29 heavy (non-hydrogen) atoms. The van der Waals surface area contributed by atoms with Gasteiger partial charge < -0.3 is 5.32 Å². The number of halogens is 2. The van der Waals surface area contributed by atoms with Gasteiger partial charge in [-0.15, -0.1) is 11.8 Å². The third-order valence-electron chi connectivity index (χ3n) is 4.94. The van der Waals surface area contributed by atoms with Gasteiger partial charge in [-0.3, -0.25) is 4.79 Å². The second kappa shape index (κ2) is 9.71. The number of piperidine rings is 1. The Balaban J connectivity index is 1.60. The largest absolute Gasteiger partial charge is 0.326 e. The van der Waals surface area contributed by atoms with Crippen LogP contribution in [0.5, 0.6) is 0 Å². The minimum atomic E-state index is -3.57.